The van der Waals surface area contributed by atoms with Crippen molar-refractivity contribution in [2.45, 2.75) is 56.7 Å². The third-order valence-electron chi connectivity index (χ3n) is 7.32. The van der Waals surface area contributed by atoms with E-state index >= 15 is 0 Å². The first-order valence-electron chi connectivity index (χ1n) is 12.9. The van der Waals surface area contributed by atoms with Gasteiger partial charge in [-0.15, -0.1) is 0 Å². The Kier molecular flexibility index (Phi) is 8.50. The fraction of sp³-hybridized carbons (Fsp3) is 0.429. The van der Waals surface area contributed by atoms with Crippen molar-refractivity contribution in [3.63, 3.8) is 0 Å². The first kappa shape index (κ1) is 27.0. The van der Waals surface area contributed by atoms with Crippen molar-refractivity contribution < 1.29 is 24.0 Å². The van der Waals surface area contributed by atoms with E-state index in [9.17, 15) is 24.0 Å². The summed E-state index contributed by atoms with van der Waals surface area (Å²) in [5, 5.41) is 8.21. The maximum atomic E-state index is 13.5. The van der Waals surface area contributed by atoms with Crippen LogP contribution in [0.3, 0.4) is 0 Å². The maximum Gasteiger partial charge on any atom is 0.289 e. The smallest absolute Gasteiger partial charge is 0.289 e. The minimum Gasteiger partial charge on any atom is -0.346 e. The van der Waals surface area contributed by atoms with E-state index in [0.717, 1.165) is 12.0 Å². The second-order valence-electron chi connectivity index (χ2n) is 10.0. The Morgan fingerprint density at radius 3 is 2.45 bits per heavy atom. The van der Waals surface area contributed by atoms with Crippen LogP contribution in [0, 0.1) is 5.92 Å². The number of rotatable bonds is 10. The van der Waals surface area contributed by atoms with Crippen LogP contribution in [0.4, 0.5) is 0 Å². The molecule has 4 amide bonds. The van der Waals surface area contributed by atoms with E-state index in [1.807, 2.05) is 30.3 Å². The molecule has 2 atom stereocenters. The van der Waals surface area contributed by atoms with Gasteiger partial charge in [0.2, 0.25) is 23.5 Å². The van der Waals surface area contributed by atoms with Gasteiger partial charge >= 0.3 is 0 Å². The van der Waals surface area contributed by atoms with E-state index in [4.69, 9.17) is 0 Å². The molecule has 2 aromatic rings. The molecule has 2 aliphatic rings. The van der Waals surface area contributed by atoms with Crippen molar-refractivity contribution in [3.05, 3.63) is 66.0 Å². The number of hydrogen-bond acceptors (Lipinski definition) is 6. The van der Waals surface area contributed by atoms with Gasteiger partial charge < -0.3 is 20.9 Å². The van der Waals surface area contributed by atoms with Crippen molar-refractivity contribution >= 4 is 29.4 Å². The lowest BCUT2D eigenvalue weighted by Crippen LogP contribution is -2.66. The Morgan fingerprint density at radius 1 is 1.08 bits per heavy atom. The van der Waals surface area contributed by atoms with Crippen molar-refractivity contribution in [2.24, 2.45) is 5.92 Å². The fourth-order valence-corrected chi connectivity index (χ4v) is 4.72. The summed E-state index contributed by atoms with van der Waals surface area (Å²) >= 11 is 0. The van der Waals surface area contributed by atoms with Crippen LogP contribution in [0.5, 0.6) is 0 Å². The molecule has 0 bridgehead atoms. The largest absolute Gasteiger partial charge is 0.346 e. The number of benzene rings is 1. The molecule has 38 heavy (non-hydrogen) atoms. The number of piperidine rings is 1. The highest BCUT2D eigenvalue weighted by Gasteiger charge is 2.48. The summed E-state index contributed by atoms with van der Waals surface area (Å²) in [6, 6.07) is 13.2. The normalized spacial score (nSPS) is 19.0. The fourth-order valence-electron chi connectivity index (χ4n) is 4.72. The first-order chi connectivity index (χ1) is 18.3. The van der Waals surface area contributed by atoms with E-state index in [2.05, 4.69) is 20.9 Å². The van der Waals surface area contributed by atoms with E-state index in [1.54, 1.807) is 36.3 Å². The summed E-state index contributed by atoms with van der Waals surface area (Å²) in [5.74, 6) is -3.03. The van der Waals surface area contributed by atoms with Crippen molar-refractivity contribution in [2.75, 3.05) is 13.6 Å². The minimum absolute atomic E-state index is 0.0761. The van der Waals surface area contributed by atoms with Gasteiger partial charge in [-0.1, -0.05) is 36.4 Å². The number of likely N-dealkylation sites (tertiary alicyclic amines) is 1. The first-order valence-corrected chi connectivity index (χ1v) is 12.9. The molecule has 200 valence electrons. The number of Topliss-reactive ketones (excluding diaryl/α,β-unsaturated/α-hetero) is 1. The monoisotopic (exact) mass is 519 g/mol. The summed E-state index contributed by atoms with van der Waals surface area (Å²) in [6.45, 7) is 0.560. The van der Waals surface area contributed by atoms with E-state index in [0.29, 0.717) is 31.5 Å². The summed E-state index contributed by atoms with van der Waals surface area (Å²) in [7, 11) is 1.70. The van der Waals surface area contributed by atoms with Crippen molar-refractivity contribution in [1.82, 2.24) is 25.8 Å². The topological polar surface area (TPSA) is 138 Å². The Bertz CT molecular complexity index is 1180. The quantitative estimate of drug-likeness (QED) is 0.399. The van der Waals surface area contributed by atoms with Crippen LogP contribution in [-0.2, 0) is 36.9 Å². The third kappa shape index (κ3) is 6.42. The number of aromatic nitrogens is 1. The molecule has 3 N–H and O–H groups in total. The lowest BCUT2D eigenvalue weighted by molar-refractivity contribution is -0.145. The summed E-state index contributed by atoms with van der Waals surface area (Å²) < 4.78 is 0. The molecule has 1 aromatic heterocycles. The van der Waals surface area contributed by atoms with Crippen LogP contribution < -0.4 is 16.0 Å². The number of pyridine rings is 1. The SMILES string of the molecule is CN1CCC(C(=O)NC2(C(=O)N[C@H](Cc3ccccc3)C(=O)C(=O)NCc3ccccn3)CCC2)CC1=O. The molecule has 1 saturated heterocycles. The molecule has 0 radical (unpaired) electrons. The number of nitrogens with one attached hydrogen (secondary N) is 3. The molecule has 10 nitrogen and oxygen atoms in total. The number of hydrogen-bond donors (Lipinski definition) is 3. The summed E-state index contributed by atoms with van der Waals surface area (Å²) in [5.41, 5.74) is 0.212. The third-order valence-corrected chi connectivity index (χ3v) is 7.32. The zero-order valence-corrected chi connectivity index (χ0v) is 21.4. The van der Waals surface area contributed by atoms with E-state index in [1.165, 1.54) is 0 Å². The molecule has 2 heterocycles. The average molecular weight is 520 g/mol. The molecule has 1 unspecified atom stereocenters. The molecule has 0 spiro atoms. The Labute approximate surface area is 221 Å². The Hall–Kier alpha value is -4.08. The lowest BCUT2D eigenvalue weighted by atomic mass is 9.75. The highest BCUT2D eigenvalue weighted by atomic mass is 16.2. The zero-order chi connectivity index (χ0) is 27.1. The van der Waals surface area contributed by atoms with Gasteiger partial charge in [-0.05, 0) is 43.4 Å². The molecule has 1 aromatic carbocycles. The average Bonchev–Trinajstić information content (AvgIpc) is 2.91. The highest BCUT2D eigenvalue weighted by molar-refractivity contribution is 6.38. The number of amides is 4. The van der Waals surface area contributed by atoms with Gasteiger partial charge in [0.25, 0.3) is 5.91 Å². The maximum absolute atomic E-state index is 13.5. The number of ketones is 1. The van der Waals surface area contributed by atoms with Crippen LogP contribution in [0.2, 0.25) is 0 Å². The van der Waals surface area contributed by atoms with Gasteiger partial charge in [0.15, 0.2) is 0 Å². The zero-order valence-electron chi connectivity index (χ0n) is 21.4. The van der Waals surface area contributed by atoms with Crippen LogP contribution in [0.25, 0.3) is 0 Å². The summed E-state index contributed by atoms with van der Waals surface area (Å²) in [6.07, 6.45) is 3.92. The number of nitrogens with zero attached hydrogens (tertiary/aromatic N) is 2. The standard InChI is InChI=1S/C28H33N5O5/c1-33-15-11-20(17-23(33)34)25(36)32-28(12-7-13-28)27(38)31-22(16-19-8-3-2-4-9-19)24(35)26(37)30-18-21-10-5-6-14-29-21/h2-6,8-10,14,20,22H,7,11-13,15-18H2,1H3,(H,30,37)(H,31,38)(H,32,36)/t20?,22-/m1/s1. The van der Waals surface area contributed by atoms with Gasteiger partial charge in [0, 0.05) is 38.5 Å². The predicted octanol–water partition coefficient (Wildman–Crippen LogP) is 0.902. The van der Waals surface area contributed by atoms with Crippen molar-refractivity contribution in [1.29, 1.82) is 0 Å². The van der Waals surface area contributed by atoms with Crippen LogP contribution in [0.1, 0.15) is 43.4 Å². The van der Waals surface area contributed by atoms with Gasteiger partial charge in [-0.3, -0.25) is 29.0 Å². The van der Waals surface area contributed by atoms with Gasteiger partial charge in [-0.2, -0.15) is 0 Å². The predicted molar refractivity (Wildman–Crippen MR) is 138 cm³/mol. The van der Waals surface area contributed by atoms with Crippen LogP contribution >= 0.6 is 0 Å². The minimum atomic E-state index is -1.16. The second-order valence-corrected chi connectivity index (χ2v) is 10.0. The summed E-state index contributed by atoms with van der Waals surface area (Å²) in [4.78, 5) is 70.3. The Morgan fingerprint density at radius 2 is 1.82 bits per heavy atom. The molecule has 1 aliphatic carbocycles. The Balaban J connectivity index is 1.44. The molecule has 4 rings (SSSR count). The lowest BCUT2D eigenvalue weighted by Gasteiger charge is -2.42. The van der Waals surface area contributed by atoms with Gasteiger partial charge in [0.1, 0.15) is 11.6 Å². The van der Waals surface area contributed by atoms with Gasteiger partial charge in [-0.25, -0.2) is 0 Å². The molecule has 10 heteroatoms. The molecule has 1 saturated carbocycles. The highest BCUT2D eigenvalue weighted by Crippen LogP contribution is 2.33. The van der Waals surface area contributed by atoms with Crippen LogP contribution in [0.15, 0.2) is 54.7 Å². The van der Waals surface area contributed by atoms with E-state index in [-0.39, 0.29) is 31.2 Å². The van der Waals surface area contributed by atoms with E-state index < -0.39 is 35.1 Å². The molecule has 2 fully saturated rings. The van der Waals surface area contributed by atoms with Crippen LogP contribution in [-0.4, -0.2) is 64.5 Å². The number of carbonyl (C=O) groups excluding carboxylic acids is 5. The second kappa shape index (κ2) is 12.0. The molecule has 1 aliphatic heterocycles. The number of carbonyl (C=O) groups is 5. The van der Waals surface area contributed by atoms with Gasteiger partial charge in [0.05, 0.1) is 12.2 Å². The van der Waals surface area contributed by atoms with Crippen molar-refractivity contribution in [3.8, 4) is 0 Å². The molecular weight excluding hydrogens is 486 g/mol. The molecular formula is C28H33N5O5.